The molecule has 3 nitrogen and oxygen atoms in total. The Morgan fingerprint density at radius 3 is 2.56 bits per heavy atom. The Labute approximate surface area is 105 Å². The Bertz CT molecular complexity index is 706. The monoisotopic (exact) mass is 235 g/mol. The molecule has 0 saturated heterocycles. The maximum absolute atomic E-state index is 5.97. The van der Waals surface area contributed by atoms with Gasteiger partial charge in [0.25, 0.3) is 0 Å². The second-order valence-electron chi connectivity index (χ2n) is 4.24. The van der Waals surface area contributed by atoms with Crippen LogP contribution in [0.15, 0.2) is 48.8 Å². The summed E-state index contributed by atoms with van der Waals surface area (Å²) >= 11 is 0. The van der Waals surface area contributed by atoms with Crippen LogP contribution in [0.3, 0.4) is 0 Å². The molecule has 18 heavy (non-hydrogen) atoms. The van der Waals surface area contributed by atoms with Crippen molar-refractivity contribution in [2.24, 2.45) is 0 Å². The molecular formula is C15H13N3. The van der Waals surface area contributed by atoms with Gasteiger partial charge >= 0.3 is 0 Å². The van der Waals surface area contributed by atoms with Crippen LogP contribution < -0.4 is 5.73 Å². The van der Waals surface area contributed by atoms with Gasteiger partial charge in [0.2, 0.25) is 0 Å². The van der Waals surface area contributed by atoms with Gasteiger partial charge in [-0.2, -0.15) is 0 Å². The Morgan fingerprint density at radius 1 is 1.00 bits per heavy atom. The number of fused-ring (bicyclic) bond motifs is 1. The Kier molecular flexibility index (Phi) is 2.45. The average molecular weight is 235 g/mol. The third kappa shape index (κ3) is 1.61. The van der Waals surface area contributed by atoms with Crippen LogP contribution in [0, 0.1) is 6.92 Å². The molecule has 2 aromatic heterocycles. The van der Waals surface area contributed by atoms with E-state index >= 15 is 0 Å². The van der Waals surface area contributed by atoms with E-state index in [2.05, 4.69) is 22.1 Å². The first kappa shape index (κ1) is 10.7. The lowest BCUT2D eigenvalue weighted by molar-refractivity contribution is 1.23. The molecule has 0 spiro atoms. The molecule has 0 bridgehead atoms. The molecule has 0 aliphatic carbocycles. The number of benzene rings is 1. The van der Waals surface area contributed by atoms with Gasteiger partial charge in [-0.3, -0.25) is 4.98 Å². The molecule has 2 heterocycles. The van der Waals surface area contributed by atoms with Gasteiger partial charge in [-0.1, -0.05) is 30.3 Å². The van der Waals surface area contributed by atoms with Crippen LogP contribution in [0.1, 0.15) is 5.69 Å². The van der Waals surface area contributed by atoms with Crippen molar-refractivity contribution in [3.8, 4) is 11.1 Å². The van der Waals surface area contributed by atoms with Crippen molar-refractivity contribution in [3.05, 3.63) is 54.5 Å². The molecule has 0 fully saturated rings. The number of nitrogens with zero attached hydrogens (tertiary/aromatic N) is 2. The zero-order valence-corrected chi connectivity index (χ0v) is 10.1. The van der Waals surface area contributed by atoms with Gasteiger partial charge in [0.05, 0.1) is 0 Å². The Balaban J connectivity index is 2.42. The van der Waals surface area contributed by atoms with Gasteiger partial charge in [-0.15, -0.1) is 0 Å². The predicted molar refractivity (Wildman–Crippen MR) is 74.1 cm³/mol. The molecule has 3 rings (SSSR count). The topological polar surface area (TPSA) is 51.8 Å². The van der Waals surface area contributed by atoms with E-state index in [4.69, 9.17) is 5.73 Å². The van der Waals surface area contributed by atoms with Gasteiger partial charge in [-0.05, 0) is 18.6 Å². The molecule has 0 aliphatic rings. The summed E-state index contributed by atoms with van der Waals surface area (Å²) in [6, 6.07) is 12.1. The fraction of sp³-hybridized carbons (Fsp3) is 0.0667. The number of rotatable bonds is 1. The van der Waals surface area contributed by atoms with E-state index in [-0.39, 0.29) is 0 Å². The SMILES string of the molecule is Cc1nc(N)c2ccncc2c1-c1ccccc1. The minimum atomic E-state index is 0.560. The maximum atomic E-state index is 5.97. The number of aryl methyl sites for hydroxylation is 1. The molecular weight excluding hydrogens is 222 g/mol. The molecule has 0 amide bonds. The number of pyridine rings is 2. The summed E-state index contributed by atoms with van der Waals surface area (Å²) in [6.45, 7) is 1.98. The molecule has 3 aromatic rings. The summed E-state index contributed by atoms with van der Waals surface area (Å²) in [7, 11) is 0. The Morgan fingerprint density at radius 2 is 1.78 bits per heavy atom. The smallest absolute Gasteiger partial charge is 0.131 e. The fourth-order valence-corrected chi connectivity index (χ4v) is 2.28. The van der Waals surface area contributed by atoms with E-state index in [0.717, 1.165) is 27.6 Å². The number of hydrogen-bond donors (Lipinski definition) is 1. The number of hydrogen-bond acceptors (Lipinski definition) is 3. The van der Waals surface area contributed by atoms with Gasteiger partial charge < -0.3 is 5.73 Å². The van der Waals surface area contributed by atoms with Crippen molar-refractivity contribution in [2.45, 2.75) is 6.92 Å². The van der Waals surface area contributed by atoms with E-state index in [1.807, 2.05) is 37.4 Å². The molecule has 3 heteroatoms. The van der Waals surface area contributed by atoms with E-state index in [1.54, 1.807) is 6.20 Å². The van der Waals surface area contributed by atoms with Crippen molar-refractivity contribution < 1.29 is 0 Å². The van der Waals surface area contributed by atoms with E-state index in [9.17, 15) is 0 Å². The summed E-state index contributed by atoms with van der Waals surface area (Å²) in [5.41, 5.74) is 9.14. The molecule has 0 aliphatic heterocycles. The van der Waals surface area contributed by atoms with Crippen molar-refractivity contribution in [3.63, 3.8) is 0 Å². The minimum absolute atomic E-state index is 0.560. The number of nitrogens with two attached hydrogens (primary N) is 1. The molecule has 2 N–H and O–H groups in total. The first-order valence-corrected chi connectivity index (χ1v) is 5.82. The molecule has 0 radical (unpaired) electrons. The molecule has 0 atom stereocenters. The summed E-state index contributed by atoms with van der Waals surface area (Å²) in [5, 5.41) is 2.00. The van der Waals surface area contributed by atoms with E-state index in [1.165, 1.54) is 0 Å². The van der Waals surface area contributed by atoms with E-state index < -0.39 is 0 Å². The summed E-state index contributed by atoms with van der Waals surface area (Å²) < 4.78 is 0. The van der Waals surface area contributed by atoms with Crippen LogP contribution in [0.25, 0.3) is 21.9 Å². The van der Waals surface area contributed by atoms with Gasteiger partial charge in [0.15, 0.2) is 0 Å². The Hall–Kier alpha value is -2.42. The van der Waals surface area contributed by atoms with Crippen LogP contribution in [0.5, 0.6) is 0 Å². The van der Waals surface area contributed by atoms with Crippen molar-refractivity contribution >= 4 is 16.6 Å². The van der Waals surface area contributed by atoms with Crippen LogP contribution in [0.2, 0.25) is 0 Å². The first-order chi connectivity index (χ1) is 8.77. The second-order valence-corrected chi connectivity index (χ2v) is 4.24. The van der Waals surface area contributed by atoms with Gasteiger partial charge in [0, 0.05) is 34.4 Å². The van der Waals surface area contributed by atoms with Crippen molar-refractivity contribution in [1.29, 1.82) is 0 Å². The van der Waals surface area contributed by atoms with Crippen molar-refractivity contribution in [1.82, 2.24) is 9.97 Å². The number of nitrogen functional groups attached to an aromatic ring is 1. The lowest BCUT2D eigenvalue weighted by atomic mass is 9.99. The molecule has 1 aromatic carbocycles. The van der Waals surface area contributed by atoms with Crippen molar-refractivity contribution in [2.75, 3.05) is 5.73 Å². The van der Waals surface area contributed by atoms with Crippen LogP contribution >= 0.6 is 0 Å². The zero-order valence-electron chi connectivity index (χ0n) is 10.1. The summed E-state index contributed by atoms with van der Waals surface area (Å²) in [5.74, 6) is 0.560. The fourth-order valence-electron chi connectivity index (χ4n) is 2.28. The third-order valence-electron chi connectivity index (χ3n) is 3.08. The van der Waals surface area contributed by atoms with Gasteiger partial charge in [0.1, 0.15) is 5.82 Å². The van der Waals surface area contributed by atoms with Crippen LogP contribution in [0.4, 0.5) is 5.82 Å². The molecule has 88 valence electrons. The molecule has 0 unspecified atom stereocenters. The highest BCUT2D eigenvalue weighted by atomic mass is 14.8. The second kappa shape index (κ2) is 4.11. The normalized spacial score (nSPS) is 10.7. The lowest BCUT2D eigenvalue weighted by Gasteiger charge is -2.11. The average Bonchev–Trinajstić information content (AvgIpc) is 2.40. The summed E-state index contributed by atoms with van der Waals surface area (Å²) in [4.78, 5) is 8.63. The largest absolute Gasteiger partial charge is 0.383 e. The minimum Gasteiger partial charge on any atom is -0.383 e. The highest BCUT2D eigenvalue weighted by Gasteiger charge is 2.11. The predicted octanol–water partition coefficient (Wildman–Crippen LogP) is 3.19. The highest BCUT2D eigenvalue weighted by Crippen LogP contribution is 2.32. The number of anilines is 1. The maximum Gasteiger partial charge on any atom is 0.131 e. The quantitative estimate of drug-likeness (QED) is 0.704. The number of aromatic nitrogens is 2. The molecule has 0 saturated carbocycles. The van der Waals surface area contributed by atoms with Gasteiger partial charge in [-0.25, -0.2) is 4.98 Å². The third-order valence-corrected chi connectivity index (χ3v) is 3.08. The first-order valence-electron chi connectivity index (χ1n) is 5.82. The zero-order chi connectivity index (χ0) is 12.5. The highest BCUT2D eigenvalue weighted by molar-refractivity contribution is 6.01. The lowest BCUT2D eigenvalue weighted by Crippen LogP contribution is -1.98. The standard InChI is InChI=1S/C15H13N3/c1-10-14(11-5-3-2-4-6-11)13-9-17-8-7-12(13)15(16)18-10/h2-9H,1H3,(H2,16,18). The van der Waals surface area contributed by atoms with E-state index in [0.29, 0.717) is 5.82 Å². The van der Waals surface area contributed by atoms with Crippen LogP contribution in [-0.4, -0.2) is 9.97 Å². The summed E-state index contributed by atoms with van der Waals surface area (Å²) in [6.07, 6.45) is 3.59. The van der Waals surface area contributed by atoms with Crippen LogP contribution in [-0.2, 0) is 0 Å².